The van der Waals surface area contributed by atoms with Crippen molar-refractivity contribution in [3.63, 3.8) is 0 Å². The minimum absolute atomic E-state index is 0.107. The van der Waals surface area contributed by atoms with Gasteiger partial charge in [0.15, 0.2) is 6.10 Å². The second-order valence-electron chi connectivity index (χ2n) is 16.7. The fraction of sp³-hybridized carbons (Fsp3) is 0.696. The van der Waals surface area contributed by atoms with Gasteiger partial charge in [-0.2, -0.15) is 0 Å². The summed E-state index contributed by atoms with van der Waals surface area (Å²) < 4.78 is 16.7. The first-order valence-electron chi connectivity index (χ1n) is 25.6. The van der Waals surface area contributed by atoms with Crippen molar-refractivity contribution in [3.05, 3.63) is 85.1 Å². The van der Waals surface area contributed by atoms with Crippen LogP contribution in [0.15, 0.2) is 85.1 Å². The number of carbonyl (C=O) groups excluding carboxylic acids is 3. The third-order valence-electron chi connectivity index (χ3n) is 10.6. The van der Waals surface area contributed by atoms with Crippen molar-refractivity contribution in [2.24, 2.45) is 0 Å². The first-order chi connectivity index (χ1) is 30.5. The number of esters is 3. The molecule has 0 heterocycles. The molecule has 0 saturated heterocycles. The molecule has 0 amide bonds. The van der Waals surface area contributed by atoms with Gasteiger partial charge in [-0.1, -0.05) is 202 Å². The number of rotatable bonds is 45. The highest BCUT2D eigenvalue weighted by molar-refractivity contribution is 5.71. The van der Waals surface area contributed by atoms with Crippen LogP contribution in [0.5, 0.6) is 0 Å². The Morgan fingerprint density at radius 3 is 1.15 bits per heavy atom. The second kappa shape index (κ2) is 50.2. The molecule has 0 bridgehead atoms. The second-order valence-corrected chi connectivity index (χ2v) is 16.7. The van der Waals surface area contributed by atoms with E-state index in [1.54, 1.807) is 0 Å². The highest BCUT2D eigenvalue weighted by Gasteiger charge is 2.19. The molecule has 0 aliphatic carbocycles. The van der Waals surface area contributed by atoms with Gasteiger partial charge in [-0.05, 0) is 96.3 Å². The van der Waals surface area contributed by atoms with Crippen LogP contribution in [0, 0.1) is 0 Å². The third kappa shape index (κ3) is 47.6. The summed E-state index contributed by atoms with van der Waals surface area (Å²) in [6, 6.07) is 0. The topological polar surface area (TPSA) is 78.9 Å². The number of unbranched alkanes of at least 4 members (excludes halogenated alkanes) is 20. The number of hydrogen-bond donors (Lipinski definition) is 0. The molecule has 0 aliphatic rings. The zero-order valence-corrected chi connectivity index (χ0v) is 40.4. The number of hydrogen-bond acceptors (Lipinski definition) is 6. The molecule has 6 nitrogen and oxygen atoms in total. The summed E-state index contributed by atoms with van der Waals surface area (Å²) in [4.78, 5) is 37.9. The number of ether oxygens (including phenoxy) is 3. The Hall–Kier alpha value is -3.41. The van der Waals surface area contributed by atoms with Gasteiger partial charge >= 0.3 is 17.9 Å². The maximum Gasteiger partial charge on any atom is 0.306 e. The van der Waals surface area contributed by atoms with E-state index in [0.29, 0.717) is 19.3 Å². The molecule has 0 aliphatic heterocycles. The molecule has 62 heavy (non-hydrogen) atoms. The summed E-state index contributed by atoms with van der Waals surface area (Å²) in [5.41, 5.74) is 0. The SMILES string of the molecule is CC/C=C\C/C=C\C/C=C\C/C=C\CCC(=O)OCC(COC(=O)CCCCCCCCC/C=C\CCCCCCCC)OC(=O)CCCCCCC/C=C\C/C=C\CCCC. The van der Waals surface area contributed by atoms with Gasteiger partial charge in [0.2, 0.25) is 0 Å². The molecular weight excluding hydrogens is 769 g/mol. The van der Waals surface area contributed by atoms with Crippen molar-refractivity contribution in [1.82, 2.24) is 0 Å². The zero-order valence-electron chi connectivity index (χ0n) is 40.4. The van der Waals surface area contributed by atoms with Gasteiger partial charge in [0, 0.05) is 19.3 Å². The van der Waals surface area contributed by atoms with E-state index >= 15 is 0 Å². The van der Waals surface area contributed by atoms with Crippen LogP contribution in [0.2, 0.25) is 0 Å². The van der Waals surface area contributed by atoms with Crippen molar-refractivity contribution >= 4 is 17.9 Å². The summed E-state index contributed by atoms with van der Waals surface area (Å²) in [5.74, 6) is -1.01. The molecule has 1 unspecified atom stereocenters. The van der Waals surface area contributed by atoms with Crippen molar-refractivity contribution in [2.75, 3.05) is 13.2 Å². The Morgan fingerprint density at radius 2 is 0.677 bits per heavy atom. The molecular formula is C56H94O6. The first-order valence-corrected chi connectivity index (χ1v) is 25.6. The summed E-state index contributed by atoms with van der Waals surface area (Å²) in [5, 5.41) is 0. The standard InChI is InChI=1S/C56H94O6/c1-4-7-10-13-16-19-22-25-27-28-29-32-34-37-40-43-46-49-55(58)61-52-53(51-60-54(57)48-45-42-39-36-33-30-24-21-18-15-12-9-6-3)62-56(59)50-47-44-41-38-35-31-26-23-20-17-14-11-8-5-2/h9,12,14,17-18,21,23,25-27,30,33,39,42,53H,4-8,10-11,13,15-16,19-20,22,24,28-29,31-32,34-38,40-41,43-52H2,1-3H3/b12-9-,17-14-,21-18-,26-23-,27-25-,33-30-,42-39-. The van der Waals surface area contributed by atoms with Crippen LogP contribution in [0.1, 0.15) is 233 Å². The van der Waals surface area contributed by atoms with Crippen molar-refractivity contribution in [1.29, 1.82) is 0 Å². The van der Waals surface area contributed by atoms with Crippen LogP contribution >= 0.6 is 0 Å². The van der Waals surface area contributed by atoms with Crippen LogP contribution < -0.4 is 0 Å². The highest BCUT2D eigenvalue weighted by atomic mass is 16.6. The minimum Gasteiger partial charge on any atom is -0.462 e. The average Bonchev–Trinajstić information content (AvgIpc) is 3.27. The van der Waals surface area contributed by atoms with Gasteiger partial charge in [0.05, 0.1) is 0 Å². The van der Waals surface area contributed by atoms with E-state index in [1.165, 1.54) is 96.3 Å². The zero-order chi connectivity index (χ0) is 45.1. The predicted octanol–water partition coefficient (Wildman–Crippen LogP) is 16.8. The Morgan fingerprint density at radius 1 is 0.339 bits per heavy atom. The summed E-state index contributed by atoms with van der Waals surface area (Å²) in [6.07, 6.45) is 64.3. The van der Waals surface area contributed by atoms with Crippen LogP contribution in [-0.4, -0.2) is 37.2 Å². The van der Waals surface area contributed by atoms with E-state index in [0.717, 1.165) is 89.9 Å². The Balaban J connectivity index is 4.48. The Bertz CT molecular complexity index is 1220. The minimum atomic E-state index is -0.813. The maximum atomic E-state index is 12.8. The lowest BCUT2D eigenvalue weighted by atomic mass is 10.1. The summed E-state index contributed by atoms with van der Waals surface area (Å²) >= 11 is 0. The van der Waals surface area contributed by atoms with Crippen molar-refractivity contribution in [3.8, 4) is 0 Å². The summed E-state index contributed by atoms with van der Waals surface area (Å²) in [7, 11) is 0. The van der Waals surface area contributed by atoms with Gasteiger partial charge in [-0.15, -0.1) is 0 Å². The first kappa shape index (κ1) is 58.6. The lowest BCUT2D eigenvalue weighted by Crippen LogP contribution is -2.30. The molecule has 0 spiro atoms. The third-order valence-corrected chi connectivity index (χ3v) is 10.6. The largest absolute Gasteiger partial charge is 0.462 e. The van der Waals surface area contributed by atoms with Gasteiger partial charge in [0.25, 0.3) is 0 Å². The van der Waals surface area contributed by atoms with E-state index in [9.17, 15) is 14.4 Å². The molecule has 0 fully saturated rings. The fourth-order valence-corrected chi connectivity index (χ4v) is 6.76. The van der Waals surface area contributed by atoms with Crippen LogP contribution in [-0.2, 0) is 28.6 Å². The fourth-order valence-electron chi connectivity index (χ4n) is 6.76. The Kier molecular flexibility index (Phi) is 47.5. The van der Waals surface area contributed by atoms with Crippen LogP contribution in [0.3, 0.4) is 0 Å². The van der Waals surface area contributed by atoms with Gasteiger partial charge in [-0.25, -0.2) is 0 Å². The monoisotopic (exact) mass is 863 g/mol. The van der Waals surface area contributed by atoms with Crippen molar-refractivity contribution in [2.45, 2.75) is 239 Å². The maximum absolute atomic E-state index is 12.8. The Labute approximate surface area is 382 Å². The predicted molar refractivity (Wildman–Crippen MR) is 265 cm³/mol. The number of carbonyl (C=O) groups is 3. The smallest absolute Gasteiger partial charge is 0.306 e. The lowest BCUT2D eigenvalue weighted by Gasteiger charge is -2.18. The molecule has 0 radical (unpaired) electrons. The molecule has 0 aromatic heterocycles. The van der Waals surface area contributed by atoms with Crippen molar-refractivity contribution < 1.29 is 28.6 Å². The summed E-state index contributed by atoms with van der Waals surface area (Å²) in [6.45, 7) is 6.39. The quantitative estimate of drug-likeness (QED) is 0.0263. The molecule has 0 aromatic carbocycles. The van der Waals surface area contributed by atoms with E-state index in [1.807, 2.05) is 12.2 Å². The highest BCUT2D eigenvalue weighted by Crippen LogP contribution is 2.13. The van der Waals surface area contributed by atoms with E-state index < -0.39 is 6.10 Å². The molecule has 1 atom stereocenters. The van der Waals surface area contributed by atoms with E-state index in [2.05, 4.69) is 93.7 Å². The molecule has 0 N–H and O–H groups in total. The van der Waals surface area contributed by atoms with E-state index in [4.69, 9.17) is 14.2 Å². The molecule has 0 rings (SSSR count). The molecule has 0 saturated carbocycles. The van der Waals surface area contributed by atoms with Gasteiger partial charge in [-0.3, -0.25) is 14.4 Å². The molecule has 0 aromatic rings. The number of allylic oxidation sites excluding steroid dienone is 14. The van der Waals surface area contributed by atoms with Gasteiger partial charge in [0.1, 0.15) is 13.2 Å². The van der Waals surface area contributed by atoms with Crippen LogP contribution in [0.25, 0.3) is 0 Å². The molecule has 354 valence electrons. The van der Waals surface area contributed by atoms with Crippen LogP contribution in [0.4, 0.5) is 0 Å². The lowest BCUT2D eigenvalue weighted by molar-refractivity contribution is -0.166. The average molecular weight is 863 g/mol. The van der Waals surface area contributed by atoms with E-state index in [-0.39, 0.29) is 37.5 Å². The normalized spacial score (nSPS) is 12.8. The molecule has 6 heteroatoms. The van der Waals surface area contributed by atoms with Gasteiger partial charge < -0.3 is 14.2 Å².